The number of primary amides is 2. The number of carbonyl (C=O) groups is 2. The molecule has 0 aromatic rings. The molecule has 0 rings (SSSR count). The van der Waals surface area contributed by atoms with E-state index in [-0.39, 0.29) is 0 Å². The van der Waals surface area contributed by atoms with Crippen molar-refractivity contribution in [2.75, 3.05) is 0 Å². The van der Waals surface area contributed by atoms with Crippen LogP contribution < -0.4 is 16.2 Å². The smallest absolute Gasteiger partial charge is 0.344 e. The zero-order valence-electron chi connectivity index (χ0n) is 6.41. The van der Waals surface area contributed by atoms with Gasteiger partial charge in [-0.3, -0.25) is 0 Å². The predicted octanol–water partition coefficient (Wildman–Crippen LogP) is -3.19. The molecule has 0 aromatic carbocycles. The predicted molar refractivity (Wildman–Crippen MR) is 43.4 cm³/mol. The number of carbonyl (C=O) groups excluding carboxylic acids is 2. The first-order valence-electron chi connectivity index (χ1n) is 2.74. The molecule has 14 heavy (non-hydrogen) atoms. The van der Waals surface area contributed by atoms with Crippen LogP contribution >= 0.6 is 0 Å². The highest BCUT2D eigenvalue weighted by Crippen LogP contribution is 1.96. The van der Waals surface area contributed by atoms with Gasteiger partial charge in [-0.25, -0.2) is 22.7 Å². The standard InChI is InChI=1S/C2H6N4O6S2/c3-1(7)5-14(11,12)6(2(4)8)13(9)10/h13H,(H2,4,8)(H3,3,5,7). The first kappa shape index (κ1) is 12.4. The molecule has 10 nitrogen and oxygen atoms in total. The number of nitrogens with zero attached hydrogens (tertiary/aromatic N) is 1. The second-order valence-corrected chi connectivity index (χ2v) is 4.46. The molecular formula is C2H6N4O6S2. The Hall–Kier alpha value is -1.56. The Kier molecular flexibility index (Phi) is 3.64. The highest BCUT2D eigenvalue weighted by Gasteiger charge is 2.29. The van der Waals surface area contributed by atoms with Gasteiger partial charge in [-0.15, -0.1) is 0 Å². The maximum atomic E-state index is 10.9. The number of urea groups is 2. The van der Waals surface area contributed by atoms with Gasteiger partial charge in [0.05, 0.1) is 0 Å². The molecule has 82 valence electrons. The highest BCUT2D eigenvalue weighted by atomic mass is 32.3. The van der Waals surface area contributed by atoms with E-state index in [0.29, 0.717) is 0 Å². The van der Waals surface area contributed by atoms with Gasteiger partial charge in [-0.2, -0.15) is 8.42 Å². The molecule has 0 spiro atoms. The van der Waals surface area contributed by atoms with E-state index < -0.39 is 36.9 Å². The maximum Gasteiger partial charge on any atom is 0.344 e. The van der Waals surface area contributed by atoms with Crippen molar-refractivity contribution in [3.8, 4) is 0 Å². The van der Waals surface area contributed by atoms with E-state index in [9.17, 15) is 26.4 Å². The average Bonchev–Trinajstić information content (AvgIpc) is 1.77. The molecule has 0 atom stereocenters. The van der Waals surface area contributed by atoms with Crippen LogP contribution in [0.1, 0.15) is 0 Å². The highest BCUT2D eigenvalue weighted by molar-refractivity contribution is 7.97. The fourth-order valence-electron chi connectivity index (χ4n) is 0.457. The summed E-state index contributed by atoms with van der Waals surface area (Å²) in [5.74, 6) is 0. The van der Waals surface area contributed by atoms with Gasteiger partial charge in [0.15, 0.2) is 0 Å². The van der Waals surface area contributed by atoms with Crippen molar-refractivity contribution in [2.45, 2.75) is 0 Å². The number of nitrogens with two attached hydrogens (primary N) is 2. The number of thiol groups is 1. The Bertz CT molecular complexity index is 413. The lowest BCUT2D eigenvalue weighted by Gasteiger charge is -2.11. The number of hydrogen-bond donors (Lipinski definition) is 4. The lowest BCUT2D eigenvalue weighted by atomic mass is 11.2. The summed E-state index contributed by atoms with van der Waals surface area (Å²) in [6.45, 7) is 0. The Balaban J connectivity index is 5.23. The Morgan fingerprint density at radius 2 is 1.64 bits per heavy atom. The number of hydrogen-bond acceptors (Lipinski definition) is 6. The minimum atomic E-state index is -4.88. The van der Waals surface area contributed by atoms with E-state index in [4.69, 9.17) is 0 Å². The summed E-state index contributed by atoms with van der Waals surface area (Å²) in [6.07, 6.45) is 0. The molecule has 0 aliphatic rings. The Morgan fingerprint density at radius 1 is 1.21 bits per heavy atom. The second kappa shape index (κ2) is 4.10. The molecule has 0 saturated heterocycles. The number of nitrogens with one attached hydrogen (secondary N) is 1. The lowest BCUT2D eigenvalue weighted by molar-refractivity contribution is 0.244. The van der Waals surface area contributed by atoms with E-state index in [0.717, 1.165) is 4.72 Å². The van der Waals surface area contributed by atoms with E-state index in [1.165, 1.54) is 0 Å². The van der Waals surface area contributed by atoms with Gasteiger partial charge in [-0.1, -0.05) is 3.71 Å². The normalized spacial score (nSPS) is 10.9. The molecule has 0 aliphatic heterocycles. The Morgan fingerprint density at radius 3 is 1.86 bits per heavy atom. The SMILES string of the molecule is NC(=O)NS(=O)(=O)N(C(N)=O)[SH](=O)=O. The van der Waals surface area contributed by atoms with Crippen LogP contribution in [0, 0.1) is 0 Å². The van der Waals surface area contributed by atoms with Crippen molar-refractivity contribution in [1.82, 2.24) is 8.43 Å². The fraction of sp³-hybridized carbons (Fsp3) is 0. The number of rotatable bonds is 3. The zero-order chi connectivity index (χ0) is 11.5. The third-order valence-corrected chi connectivity index (χ3v) is 3.43. The van der Waals surface area contributed by atoms with Crippen molar-refractivity contribution in [1.29, 1.82) is 0 Å². The molecule has 12 heteroatoms. The molecule has 0 bridgehead atoms. The molecule has 5 N–H and O–H groups in total. The van der Waals surface area contributed by atoms with Crippen LogP contribution in [0.25, 0.3) is 0 Å². The van der Waals surface area contributed by atoms with Gasteiger partial charge < -0.3 is 11.5 Å². The van der Waals surface area contributed by atoms with Crippen molar-refractivity contribution in [3.63, 3.8) is 0 Å². The van der Waals surface area contributed by atoms with Crippen LogP contribution in [0.2, 0.25) is 0 Å². The summed E-state index contributed by atoms with van der Waals surface area (Å²) in [4.78, 5) is 20.5. The first-order chi connectivity index (χ1) is 6.18. The largest absolute Gasteiger partial charge is 0.351 e. The quantitative estimate of drug-likeness (QED) is 0.382. The van der Waals surface area contributed by atoms with Crippen molar-refractivity contribution in [3.05, 3.63) is 0 Å². The van der Waals surface area contributed by atoms with Gasteiger partial charge in [0, 0.05) is 0 Å². The fourth-order valence-corrected chi connectivity index (χ4v) is 2.02. The minimum Gasteiger partial charge on any atom is -0.351 e. The van der Waals surface area contributed by atoms with Crippen molar-refractivity contribution >= 4 is 33.2 Å². The van der Waals surface area contributed by atoms with Crippen LogP contribution in [0.5, 0.6) is 0 Å². The van der Waals surface area contributed by atoms with Gasteiger partial charge in [0.2, 0.25) is 10.9 Å². The molecule has 0 aromatic heterocycles. The molecule has 0 aliphatic carbocycles. The van der Waals surface area contributed by atoms with Gasteiger partial charge in [0.25, 0.3) is 0 Å². The van der Waals surface area contributed by atoms with Crippen LogP contribution in [0.3, 0.4) is 0 Å². The Labute approximate surface area is 80.1 Å². The third-order valence-electron chi connectivity index (χ3n) is 0.794. The van der Waals surface area contributed by atoms with E-state index in [1.807, 2.05) is 0 Å². The van der Waals surface area contributed by atoms with Crippen molar-refractivity contribution in [2.24, 2.45) is 11.5 Å². The summed E-state index contributed by atoms with van der Waals surface area (Å²) in [5.41, 5.74) is 8.84. The van der Waals surface area contributed by atoms with E-state index in [1.54, 1.807) is 0 Å². The minimum absolute atomic E-state index is 0.729. The molecule has 0 unspecified atom stereocenters. The topological polar surface area (TPSA) is 170 Å². The average molecular weight is 246 g/mol. The summed E-state index contributed by atoms with van der Waals surface area (Å²) in [5, 5.41) is 0. The lowest BCUT2D eigenvalue weighted by Crippen LogP contribution is -2.49. The van der Waals surface area contributed by atoms with Crippen LogP contribution in [0.4, 0.5) is 9.59 Å². The van der Waals surface area contributed by atoms with Gasteiger partial charge in [-0.05, 0) is 0 Å². The van der Waals surface area contributed by atoms with Crippen LogP contribution in [0.15, 0.2) is 0 Å². The monoisotopic (exact) mass is 246 g/mol. The summed E-state index contributed by atoms with van der Waals surface area (Å²) in [7, 11) is -8.70. The molecule has 0 radical (unpaired) electrons. The van der Waals surface area contributed by atoms with E-state index in [2.05, 4.69) is 11.5 Å². The molecule has 0 fully saturated rings. The van der Waals surface area contributed by atoms with Gasteiger partial charge in [0.1, 0.15) is 0 Å². The molecule has 0 heterocycles. The third kappa shape index (κ3) is 3.06. The zero-order valence-corrected chi connectivity index (χ0v) is 8.12. The van der Waals surface area contributed by atoms with Crippen LogP contribution in [-0.4, -0.2) is 32.6 Å². The first-order valence-corrected chi connectivity index (χ1v) is 5.31. The van der Waals surface area contributed by atoms with Crippen molar-refractivity contribution < 1.29 is 26.4 Å². The summed E-state index contributed by atoms with van der Waals surface area (Å²) >= 11 is 0. The second-order valence-electron chi connectivity index (χ2n) is 1.79. The number of amides is 4. The van der Waals surface area contributed by atoms with Gasteiger partial charge >= 0.3 is 22.3 Å². The molecule has 4 amide bonds. The van der Waals surface area contributed by atoms with Crippen LogP contribution in [-0.2, 0) is 21.1 Å². The maximum absolute atomic E-state index is 10.9. The molecule has 0 saturated carbocycles. The summed E-state index contributed by atoms with van der Waals surface area (Å²) < 4.78 is 42.5. The van der Waals surface area contributed by atoms with E-state index >= 15 is 0 Å². The summed E-state index contributed by atoms with van der Waals surface area (Å²) in [6, 6.07) is -3.33. The molecular weight excluding hydrogens is 240 g/mol.